The molecule has 7 heteroatoms. The van der Waals surface area contributed by atoms with Crippen LogP contribution in [0.4, 0.5) is 0 Å². The molecule has 7 nitrogen and oxygen atoms in total. The smallest absolute Gasteiger partial charge is 0.328 e. The summed E-state index contributed by atoms with van der Waals surface area (Å²) in [6.07, 6.45) is 4.80. The zero-order chi connectivity index (χ0) is 17.6. The average molecular weight is 336 g/mol. The van der Waals surface area contributed by atoms with E-state index in [1.54, 1.807) is 18.3 Å². The summed E-state index contributed by atoms with van der Waals surface area (Å²) in [7, 11) is 1.28. The lowest BCUT2D eigenvalue weighted by atomic mass is 10.1. The molecule has 3 rings (SSSR count). The van der Waals surface area contributed by atoms with Crippen LogP contribution in [0.3, 0.4) is 0 Å². The first-order valence-corrected chi connectivity index (χ1v) is 7.67. The van der Waals surface area contributed by atoms with Crippen molar-refractivity contribution in [2.24, 2.45) is 0 Å². The van der Waals surface area contributed by atoms with Gasteiger partial charge in [-0.3, -0.25) is 14.8 Å². The molecular weight excluding hydrogens is 320 g/mol. The molecule has 2 aromatic heterocycles. The van der Waals surface area contributed by atoms with Crippen molar-refractivity contribution < 1.29 is 14.3 Å². The largest absolute Gasteiger partial charge is 0.467 e. The summed E-state index contributed by atoms with van der Waals surface area (Å²) in [5, 5.41) is 2.67. The monoisotopic (exact) mass is 336 g/mol. The second-order valence-electron chi connectivity index (χ2n) is 5.34. The molecule has 0 spiro atoms. The molecule has 1 N–H and O–H groups in total. The normalized spacial score (nSPS) is 11.7. The third kappa shape index (κ3) is 3.95. The van der Waals surface area contributed by atoms with E-state index in [-0.39, 0.29) is 12.3 Å². The van der Waals surface area contributed by atoms with E-state index in [2.05, 4.69) is 20.3 Å². The summed E-state index contributed by atoms with van der Waals surface area (Å²) in [6, 6.07) is 9.72. The Labute approximate surface area is 144 Å². The number of nitrogens with one attached hydrogen (secondary N) is 1. The summed E-state index contributed by atoms with van der Waals surface area (Å²) in [6.45, 7) is 0. The van der Waals surface area contributed by atoms with Gasteiger partial charge in [0.15, 0.2) is 0 Å². The number of para-hydroxylation sites is 2. The van der Waals surface area contributed by atoms with Crippen LogP contribution in [-0.4, -0.2) is 40.0 Å². The maximum Gasteiger partial charge on any atom is 0.328 e. The highest BCUT2D eigenvalue weighted by atomic mass is 16.5. The average Bonchev–Trinajstić information content (AvgIpc) is 2.67. The Balaban J connectivity index is 1.80. The van der Waals surface area contributed by atoms with E-state index < -0.39 is 12.0 Å². The summed E-state index contributed by atoms with van der Waals surface area (Å²) < 4.78 is 4.79. The van der Waals surface area contributed by atoms with Gasteiger partial charge in [0, 0.05) is 30.6 Å². The lowest BCUT2D eigenvalue weighted by molar-refractivity contribution is -0.142. The minimum Gasteiger partial charge on any atom is -0.467 e. The number of aromatic nitrogens is 3. The minimum atomic E-state index is -0.860. The molecule has 1 atom stereocenters. The Kier molecular flexibility index (Phi) is 4.94. The number of carbonyl (C=O) groups excluding carboxylic acids is 2. The molecule has 0 saturated heterocycles. The number of methoxy groups -OCH3 is 1. The van der Waals surface area contributed by atoms with Crippen molar-refractivity contribution in [1.82, 2.24) is 20.3 Å². The van der Waals surface area contributed by atoms with Gasteiger partial charge in [-0.15, -0.1) is 0 Å². The molecule has 0 aliphatic carbocycles. The van der Waals surface area contributed by atoms with Crippen molar-refractivity contribution in [3.8, 4) is 0 Å². The molecule has 126 valence electrons. The van der Waals surface area contributed by atoms with Crippen LogP contribution in [0.2, 0.25) is 0 Å². The first-order chi connectivity index (χ1) is 12.2. The van der Waals surface area contributed by atoms with Gasteiger partial charge in [0.1, 0.15) is 6.04 Å². The summed E-state index contributed by atoms with van der Waals surface area (Å²) in [4.78, 5) is 37.0. The van der Waals surface area contributed by atoms with Crippen LogP contribution >= 0.6 is 0 Å². The van der Waals surface area contributed by atoms with E-state index in [1.807, 2.05) is 24.3 Å². The van der Waals surface area contributed by atoms with E-state index in [9.17, 15) is 9.59 Å². The van der Waals surface area contributed by atoms with Gasteiger partial charge >= 0.3 is 5.97 Å². The molecule has 2 heterocycles. The van der Waals surface area contributed by atoms with Gasteiger partial charge in [0.05, 0.1) is 23.8 Å². The van der Waals surface area contributed by atoms with Gasteiger partial charge < -0.3 is 10.1 Å². The van der Waals surface area contributed by atoms with Gasteiger partial charge in [-0.05, 0) is 24.3 Å². The van der Waals surface area contributed by atoms with Crippen molar-refractivity contribution in [3.05, 3.63) is 66.2 Å². The first-order valence-electron chi connectivity index (χ1n) is 7.67. The van der Waals surface area contributed by atoms with Gasteiger partial charge in [-0.2, -0.15) is 0 Å². The molecule has 0 aliphatic rings. The Bertz CT molecular complexity index is 899. The highest BCUT2D eigenvalue weighted by molar-refractivity contribution is 5.96. The number of hydrogen-bond donors (Lipinski definition) is 1. The number of hydrogen-bond acceptors (Lipinski definition) is 6. The van der Waals surface area contributed by atoms with Crippen molar-refractivity contribution in [3.63, 3.8) is 0 Å². The Hall–Kier alpha value is -3.35. The van der Waals surface area contributed by atoms with Crippen LogP contribution in [0.15, 0.2) is 55.0 Å². The third-order valence-corrected chi connectivity index (χ3v) is 3.65. The van der Waals surface area contributed by atoms with Gasteiger partial charge in [0.25, 0.3) is 5.91 Å². The maximum absolute atomic E-state index is 12.3. The fraction of sp³-hybridized carbons (Fsp3) is 0.167. The fourth-order valence-electron chi connectivity index (χ4n) is 2.38. The van der Waals surface area contributed by atoms with Crippen molar-refractivity contribution >= 4 is 22.9 Å². The minimum absolute atomic E-state index is 0.182. The number of rotatable bonds is 5. The lowest BCUT2D eigenvalue weighted by Gasteiger charge is -2.16. The van der Waals surface area contributed by atoms with Crippen LogP contribution < -0.4 is 5.32 Å². The van der Waals surface area contributed by atoms with Crippen LogP contribution in [-0.2, 0) is 16.0 Å². The number of carbonyl (C=O) groups is 2. The third-order valence-electron chi connectivity index (χ3n) is 3.65. The van der Waals surface area contributed by atoms with E-state index in [1.165, 1.54) is 19.5 Å². The number of benzene rings is 1. The number of nitrogens with zero attached hydrogens (tertiary/aromatic N) is 3. The number of ether oxygens (including phenoxy) is 1. The zero-order valence-corrected chi connectivity index (χ0v) is 13.5. The van der Waals surface area contributed by atoms with Crippen LogP contribution in [0, 0.1) is 0 Å². The molecule has 1 aromatic carbocycles. The molecule has 0 unspecified atom stereocenters. The van der Waals surface area contributed by atoms with Crippen molar-refractivity contribution in [2.45, 2.75) is 12.5 Å². The molecular formula is C18H16N4O3. The first kappa shape index (κ1) is 16.5. The number of esters is 1. The predicted octanol–water partition coefficient (Wildman–Crippen LogP) is 1.54. The fourth-order valence-corrected chi connectivity index (χ4v) is 2.38. The van der Waals surface area contributed by atoms with Crippen LogP contribution in [0.1, 0.15) is 16.1 Å². The Morgan fingerprint density at radius 1 is 1.12 bits per heavy atom. The number of amides is 1. The highest BCUT2D eigenvalue weighted by Gasteiger charge is 2.23. The van der Waals surface area contributed by atoms with Crippen molar-refractivity contribution in [2.75, 3.05) is 7.11 Å². The van der Waals surface area contributed by atoms with Crippen LogP contribution in [0.25, 0.3) is 11.0 Å². The zero-order valence-electron chi connectivity index (χ0n) is 13.5. The summed E-state index contributed by atoms with van der Waals surface area (Å²) in [5.41, 5.74) is 2.49. The second-order valence-corrected chi connectivity index (χ2v) is 5.34. The standard InChI is InChI=1S/C18H16N4O3/c1-25-18(24)16(22-17(23)12-6-8-19-9-7-12)10-13-11-20-14-4-2-3-5-15(14)21-13/h2-9,11,16H,10H2,1H3,(H,22,23)/t16-/m0/s1. The molecule has 0 saturated carbocycles. The topological polar surface area (TPSA) is 94.1 Å². The van der Waals surface area contributed by atoms with Gasteiger partial charge in [-0.1, -0.05) is 12.1 Å². The van der Waals surface area contributed by atoms with Gasteiger partial charge in [-0.25, -0.2) is 9.78 Å². The lowest BCUT2D eigenvalue weighted by Crippen LogP contribution is -2.43. The molecule has 0 aliphatic heterocycles. The molecule has 25 heavy (non-hydrogen) atoms. The molecule has 0 fully saturated rings. The quantitative estimate of drug-likeness (QED) is 0.710. The highest BCUT2D eigenvalue weighted by Crippen LogP contribution is 2.10. The molecule has 0 bridgehead atoms. The second kappa shape index (κ2) is 7.48. The molecule has 0 radical (unpaired) electrons. The van der Waals surface area contributed by atoms with E-state index in [0.717, 1.165) is 11.0 Å². The summed E-state index contributed by atoms with van der Waals surface area (Å²) >= 11 is 0. The SMILES string of the molecule is COC(=O)[C@H](Cc1cnc2ccccc2n1)NC(=O)c1ccncc1. The maximum atomic E-state index is 12.3. The van der Waals surface area contributed by atoms with E-state index >= 15 is 0 Å². The summed E-state index contributed by atoms with van der Waals surface area (Å²) in [5.74, 6) is -0.927. The molecule has 1 amide bonds. The Morgan fingerprint density at radius 3 is 2.56 bits per heavy atom. The number of fused-ring (bicyclic) bond motifs is 1. The van der Waals surface area contributed by atoms with Crippen molar-refractivity contribution in [1.29, 1.82) is 0 Å². The Morgan fingerprint density at radius 2 is 1.84 bits per heavy atom. The number of pyridine rings is 1. The predicted molar refractivity (Wildman–Crippen MR) is 90.7 cm³/mol. The molecule has 3 aromatic rings. The van der Waals surface area contributed by atoms with E-state index in [0.29, 0.717) is 11.3 Å². The van der Waals surface area contributed by atoms with Gasteiger partial charge in [0.2, 0.25) is 0 Å². The van der Waals surface area contributed by atoms with Crippen LogP contribution in [0.5, 0.6) is 0 Å². The van der Waals surface area contributed by atoms with E-state index in [4.69, 9.17) is 4.74 Å².